The number of carbonyl (C=O) groups is 1. The van der Waals surface area contributed by atoms with E-state index in [-0.39, 0.29) is 24.5 Å². The summed E-state index contributed by atoms with van der Waals surface area (Å²) in [5.74, 6) is 0.673. The Bertz CT molecular complexity index is 821. The number of nitrogens with two attached hydrogens (primary N) is 1. The molecule has 0 radical (unpaired) electrons. The third kappa shape index (κ3) is 3.83. The normalized spacial score (nSPS) is 16.1. The number of benzene rings is 1. The number of hydrogen-bond acceptors (Lipinski definition) is 6. The van der Waals surface area contributed by atoms with E-state index in [2.05, 4.69) is 28.3 Å². The minimum absolute atomic E-state index is 0.00403. The number of rotatable bonds is 6. The largest absolute Gasteiger partial charge is 0.395 e. The summed E-state index contributed by atoms with van der Waals surface area (Å²) in [5.41, 5.74) is 7.82. The Labute approximate surface area is 152 Å². The molecule has 1 aliphatic heterocycles. The van der Waals surface area contributed by atoms with Gasteiger partial charge in [0.1, 0.15) is 5.82 Å². The summed E-state index contributed by atoms with van der Waals surface area (Å²) < 4.78 is 0. The molecule has 7 heteroatoms. The van der Waals surface area contributed by atoms with Crippen molar-refractivity contribution in [2.75, 3.05) is 30.7 Å². The van der Waals surface area contributed by atoms with Gasteiger partial charge in [0.25, 0.3) is 5.91 Å². The van der Waals surface area contributed by atoms with Crippen LogP contribution in [0.3, 0.4) is 0 Å². The summed E-state index contributed by atoms with van der Waals surface area (Å²) >= 11 is 0. The molecule has 1 aromatic heterocycles. The summed E-state index contributed by atoms with van der Waals surface area (Å²) in [7, 11) is 0. The minimum Gasteiger partial charge on any atom is -0.395 e. The van der Waals surface area contributed by atoms with Crippen LogP contribution in [0.4, 0.5) is 11.8 Å². The molecule has 0 saturated carbocycles. The number of aromatic nitrogens is 2. The van der Waals surface area contributed by atoms with E-state index in [0.717, 1.165) is 12.0 Å². The number of nitrogen functional groups attached to an aromatic ring is 1. The van der Waals surface area contributed by atoms with Crippen LogP contribution in [0.15, 0.2) is 42.5 Å². The van der Waals surface area contributed by atoms with Gasteiger partial charge >= 0.3 is 0 Å². The molecule has 0 bridgehead atoms. The number of aliphatic hydroxyl groups excluding tert-OH is 1. The number of aliphatic hydroxyl groups is 1. The Balaban J connectivity index is 1.88. The Morgan fingerprint density at radius 3 is 3.00 bits per heavy atom. The summed E-state index contributed by atoms with van der Waals surface area (Å²) in [6.07, 6.45) is 5.00. The Morgan fingerprint density at radius 2 is 2.23 bits per heavy atom. The number of nitrogens with zero attached hydrogens (tertiary/aromatic N) is 3. The predicted octanol–water partition coefficient (Wildman–Crippen LogP) is 1.92. The first-order chi connectivity index (χ1) is 12.6. The van der Waals surface area contributed by atoms with Crippen LogP contribution in [0.5, 0.6) is 0 Å². The minimum atomic E-state index is -0.00824. The van der Waals surface area contributed by atoms with Gasteiger partial charge in [0.2, 0.25) is 5.95 Å². The van der Waals surface area contributed by atoms with Gasteiger partial charge in [0.15, 0.2) is 0 Å². The quantitative estimate of drug-likeness (QED) is 0.686. The van der Waals surface area contributed by atoms with Crippen LogP contribution >= 0.6 is 0 Å². The van der Waals surface area contributed by atoms with Gasteiger partial charge in [-0.15, -0.1) is 0 Å². The molecular weight excluding hydrogens is 330 g/mol. The van der Waals surface area contributed by atoms with Crippen LogP contribution in [0.1, 0.15) is 23.7 Å². The monoisotopic (exact) mass is 353 g/mol. The fraction of sp³-hybridized carbons (Fsp3) is 0.316. The second-order valence-corrected chi connectivity index (χ2v) is 6.09. The standard InChI is InChI=1S/C19H23N5O2/c1-2-15-7-4-9-24(15)18(26)14-6-3-5-13(11-14)16-12-17(21-8-10-25)23-19(20)22-16/h3-7,11-12,15,25H,2,8-10H2,1H3,(H3,20,21,22,23). The van der Waals surface area contributed by atoms with Crippen molar-refractivity contribution in [2.45, 2.75) is 19.4 Å². The fourth-order valence-corrected chi connectivity index (χ4v) is 3.03. The van der Waals surface area contributed by atoms with Crippen LogP contribution < -0.4 is 11.1 Å². The van der Waals surface area contributed by atoms with E-state index in [1.165, 1.54) is 0 Å². The summed E-state index contributed by atoms with van der Waals surface area (Å²) in [6.45, 7) is 3.07. The van der Waals surface area contributed by atoms with E-state index in [4.69, 9.17) is 10.8 Å². The second kappa shape index (κ2) is 7.97. The molecule has 1 unspecified atom stereocenters. The van der Waals surface area contributed by atoms with Crippen LogP contribution in [0.2, 0.25) is 0 Å². The van der Waals surface area contributed by atoms with Crippen molar-refractivity contribution in [2.24, 2.45) is 0 Å². The average Bonchev–Trinajstić information content (AvgIpc) is 3.14. The van der Waals surface area contributed by atoms with Gasteiger partial charge in [-0.3, -0.25) is 4.79 Å². The van der Waals surface area contributed by atoms with Gasteiger partial charge in [-0.25, -0.2) is 4.98 Å². The first-order valence-corrected chi connectivity index (χ1v) is 8.69. The molecule has 1 aromatic carbocycles. The average molecular weight is 353 g/mol. The molecule has 0 fully saturated rings. The molecule has 26 heavy (non-hydrogen) atoms. The van der Waals surface area contributed by atoms with Crippen molar-refractivity contribution in [3.63, 3.8) is 0 Å². The molecule has 4 N–H and O–H groups in total. The van der Waals surface area contributed by atoms with Gasteiger partial charge in [-0.1, -0.05) is 31.2 Å². The highest BCUT2D eigenvalue weighted by atomic mass is 16.3. The van der Waals surface area contributed by atoms with Crippen LogP contribution in [-0.2, 0) is 0 Å². The maximum absolute atomic E-state index is 12.9. The summed E-state index contributed by atoms with van der Waals surface area (Å²) in [5, 5.41) is 11.9. The van der Waals surface area contributed by atoms with E-state index >= 15 is 0 Å². The van der Waals surface area contributed by atoms with Gasteiger partial charge < -0.3 is 21.1 Å². The molecule has 1 amide bonds. The lowest BCUT2D eigenvalue weighted by Gasteiger charge is -2.23. The van der Waals surface area contributed by atoms with Crippen molar-refractivity contribution in [3.8, 4) is 11.3 Å². The smallest absolute Gasteiger partial charge is 0.254 e. The third-order valence-corrected chi connectivity index (χ3v) is 4.31. The maximum atomic E-state index is 12.9. The van der Waals surface area contributed by atoms with Gasteiger partial charge in [0.05, 0.1) is 18.3 Å². The molecule has 2 aromatic rings. The Kier molecular flexibility index (Phi) is 5.48. The lowest BCUT2D eigenvalue weighted by molar-refractivity contribution is 0.0747. The Hall–Kier alpha value is -2.93. The molecule has 0 saturated heterocycles. The second-order valence-electron chi connectivity index (χ2n) is 6.09. The topological polar surface area (TPSA) is 104 Å². The highest BCUT2D eigenvalue weighted by Crippen LogP contribution is 2.24. The first-order valence-electron chi connectivity index (χ1n) is 8.69. The zero-order valence-electron chi connectivity index (χ0n) is 14.7. The van der Waals surface area contributed by atoms with Crippen molar-refractivity contribution in [3.05, 3.63) is 48.0 Å². The highest BCUT2D eigenvalue weighted by molar-refractivity contribution is 5.96. The number of anilines is 2. The molecule has 0 aliphatic carbocycles. The van der Waals surface area contributed by atoms with Crippen LogP contribution in [0, 0.1) is 0 Å². The molecule has 0 spiro atoms. The number of nitrogens with one attached hydrogen (secondary N) is 1. The third-order valence-electron chi connectivity index (χ3n) is 4.31. The molecule has 7 nitrogen and oxygen atoms in total. The molecule has 1 aliphatic rings. The zero-order chi connectivity index (χ0) is 18.5. The lowest BCUT2D eigenvalue weighted by Crippen LogP contribution is -2.35. The van der Waals surface area contributed by atoms with Crippen molar-refractivity contribution >= 4 is 17.7 Å². The summed E-state index contributed by atoms with van der Waals surface area (Å²) in [6, 6.07) is 9.26. The van der Waals surface area contributed by atoms with Crippen molar-refractivity contribution in [1.82, 2.24) is 14.9 Å². The zero-order valence-corrected chi connectivity index (χ0v) is 14.7. The van der Waals surface area contributed by atoms with Crippen molar-refractivity contribution < 1.29 is 9.90 Å². The summed E-state index contributed by atoms with van der Waals surface area (Å²) in [4.78, 5) is 23.1. The molecular formula is C19H23N5O2. The molecule has 2 heterocycles. The Morgan fingerprint density at radius 1 is 1.38 bits per heavy atom. The van der Waals surface area contributed by atoms with E-state index in [1.54, 1.807) is 6.07 Å². The molecule has 1 atom stereocenters. The van der Waals surface area contributed by atoms with Crippen molar-refractivity contribution in [1.29, 1.82) is 0 Å². The predicted molar refractivity (Wildman–Crippen MR) is 102 cm³/mol. The van der Waals surface area contributed by atoms with Gasteiger partial charge in [-0.05, 0) is 18.6 Å². The highest BCUT2D eigenvalue weighted by Gasteiger charge is 2.24. The first kappa shape index (κ1) is 17.9. The van der Waals surface area contributed by atoms with E-state index in [9.17, 15) is 4.79 Å². The van der Waals surface area contributed by atoms with E-state index in [1.807, 2.05) is 35.2 Å². The van der Waals surface area contributed by atoms with Crippen LogP contribution in [0.25, 0.3) is 11.3 Å². The SMILES string of the molecule is CCC1C=CCN1C(=O)c1cccc(-c2cc(NCCO)nc(N)n2)c1. The van der Waals surface area contributed by atoms with E-state index in [0.29, 0.717) is 30.2 Å². The lowest BCUT2D eigenvalue weighted by atomic mass is 10.1. The number of carbonyl (C=O) groups excluding carboxylic acids is 1. The number of hydrogen-bond donors (Lipinski definition) is 3. The van der Waals surface area contributed by atoms with Gasteiger partial charge in [-0.2, -0.15) is 4.98 Å². The van der Waals surface area contributed by atoms with Crippen LogP contribution in [-0.4, -0.2) is 51.6 Å². The van der Waals surface area contributed by atoms with E-state index < -0.39 is 0 Å². The maximum Gasteiger partial charge on any atom is 0.254 e. The number of amides is 1. The molecule has 3 rings (SSSR count). The fourth-order valence-electron chi connectivity index (χ4n) is 3.03. The molecule has 136 valence electrons. The van der Waals surface area contributed by atoms with Gasteiger partial charge in [0, 0.05) is 30.3 Å².